The van der Waals surface area contributed by atoms with Crippen LogP contribution in [0.25, 0.3) is 0 Å². The molecule has 0 aromatic heterocycles. The summed E-state index contributed by atoms with van der Waals surface area (Å²) in [4.78, 5) is 32.2. The minimum Gasteiger partial charge on any atom is -0.497 e. The number of benzene rings is 1. The monoisotopic (exact) mass is 487 g/mol. The van der Waals surface area contributed by atoms with E-state index in [1.54, 1.807) is 27.2 Å². The van der Waals surface area contributed by atoms with Gasteiger partial charge in [0.2, 0.25) is 5.91 Å². The number of hydrogen-bond donors (Lipinski definition) is 1. The summed E-state index contributed by atoms with van der Waals surface area (Å²) < 4.78 is 21.7. The maximum atomic E-state index is 12.9. The summed E-state index contributed by atoms with van der Waals surface area (Å²) in [6.45, 7) is 3.01. The molecule has 1 N–H and O–H groups in total. The van der Waals surface area contributed by atoms with Crippen LogP contribution in [-0.4, -0.2) is 62.5 Å². The molecule has 4 rings (SSSR count). The average Bonchev–Trinajstić information content (AvgIpc) is 3.51. The maximum absolute atomic E-state index is 12.9. The molecule has 1 aromatic rings. The number of ether oxygens (including phenoxy) is 4. The molecule has 1 saturated heterocycles. The summed E-state index contributed by atoms with van der Waals surface area (Å²) in [5, 5.41) is 5.56. The third kappa shape index (κ3) is 4.78. The fraction of sp³-hybridized carbons (Fsp3) is 0.458. The van der Waals surface area contributed by atoms with Crippen LogP contribution in [0.1, 0.15) is 37.8 Å². The predicted molar refractivity (Wildman–Crippen MR) is 129 cm³/mol. The first-order valence-electron chi connectivity index (χ1n) is 11.1. The van der Waals surface area contributed by atoms with E-state index >= 15 is 0 Å². The molecule has 3 heterocycles. The molecule has 1 aromatic carbocycles. The maximum Gasteiger partial charge on any atom is 0.338 e. The molecule has 10 heteroatoms. The molecule has 3 aliphatic rings. The van der Waals surface area contributed by atoms with Gasteiger partial charge in [-0.15, -0.1) is 0 Å². The van der Waals surface area contributed by atoms with Crippen molar-refractivity contribution in [2.45, 2.75) is 38.3 Å². The minimum atomic E-state index is -0.576. The molecule has 182 valence electrons. The zero-order chi connectivity index (χ0) is 24.2. The van der Waals surface area contributed by atoms with Crippen LogP contribution in [0, 0.1) is 0 Å². The number of fused-ring (bicyclic) bond motifs is 1. The summed E-state index contributed by atoms with van der Waals surface area (Å²) in [7, 11) is 4.49. The van der Waals surface area contributed by atoms with Gasteiger partial charge in [-0.3, -0.25) is 4.79 Å². The highest BCUT2D eigenvalue weighted by Gasteiger charge is 2.42. The zero-order valence-corrected chi connectivity index (χ0v) is 20.6. The van der Waals surface area contributed by atoms with E-state index < -0.39 is 12.0 Å². The van der Waals surface area contributed by atoms with Crippen molar-refractivity contribution in [2.24, 2.45) is 4.99 Å². The average molecular weight is 488 g/mol. The number of thioether (sulfide) groups is 1. The third-order valence-corrected chi connectivity index (χ3v) is 6.92. The summed E-state index contributed by atoms with van der Waals surface area (Å²) in [6, 6.07) is 4.87. The zero-order valence-electron chi connectivity index (χ0n) is 19.8. The second-order valence-corrected chi connectivity index (χ2v) is 8.94. The first kappa shape index (κ1) is 24.2. The van der Waals surface area contributed by atoms with Gasteiger partial charge in [0.25, 0.3) is 0 Å². The van der Waals surface area contributed by atoms with E-state index in [0.29, 0.717) is 34.5 Å². The van der Waals surface area contributed by atoms with Gasteiger partial charge in [-0.1, -0.05) is 11.8 Å². The van der Waals surface area contributed by atoms with Crippen molar-refractivity contribution >= 4 is 28.8 Å². The van der Waals surface area contributed by atoms with Gasteiger partial charge in [-0.25, -0.2) is 9.79 Å². The summed E-state index contributed by atoms with van der Waals surface area (Å²) in [6.07, 6.45) is 2.17. The number of amidine groups is 1. The lowest BCUT2D eigenvalue weighted by molar-refractivity contribution is -0.136. The van der Waals surface area contributed by atoms with E-state index in [9.17, 15) is 9.59 Å². The van der Waals surface area contributed by atoms with Crippen molar-refractivity contribution in [3.8, 4) is 11.5 Å². The van der Waals surface area contributed by atoms with Crippen molar-refractivity contribution < 1.29 is 28.5 Å². The highest BCUT2D eigenvalue weighted by atomic mass is 32.2. The van der Waals surface area contributed by atoms with E-state index in [0.717, 1.165) is 30.7 Å². The molecule has 0 bridgehead atoms. The number of carbonyl (C=O) groups is 2. The largest absolute Gasteiger partial charge is 0.497 e. The summed E-state index contributed by atoms with van der Waals surface area (Å²) in [5.74, 6) is 0.585. The molecule has 1 fully saturated rings. The van der Waals surface area contributed by atoms with Crippen LogP contribution in [0.4, 0.5) is 0 Å². The SMILES string of the molecule is COC(=O)C1=C(C)N=C2SC=C(CC(=O)NCC3CCCO3)N2C1c1ccc(OC)cc1OC. The van der Waals surface area contributed by atoms with Crippen LogP contribution in [0.5, 0.6) is 11.5 Å². The molecule has 34 heavy (non-hydrogen) atoms. The molecule has 2 unspecified atom stereocenters. The van der Waals surface area contributed by atoms with Crippen LogP contribution in [-0.2, 0) is 19.1 Å². The second kappa shape index (κ2) is 10.5. The molecule has 3 aliphatic heterocycles. The van der Waals surface area contributed by atoms with Crippen molar-refractivity contribution in [2.75, 3.05) is 34.5 Å². The van der Waals surface area contributed by atoms with E-state index in [2.05, 4.69) is 10.3 Å². The Morgan fingerprint density at radius 1 is 1.26 bits per heavy atom. The van der Waals surface area contributed by atoms with E-state index in [-0.39, 0.29) is 18.4 Å². The summed E-state index contributed by atoms with van der Waals surface area (Å²) >= 11 is 1.42. The molecule has 9 nitrogen and oxygen atoms in total. The normalized spacial score (nSPS) is 21.6. The number of hydrogen-bond acceptors (Lipinski definition) is 9. The topological polar surface area (TPSA) is 98.7 Å². The van der Waals surface area contributed by atoms with Crippen molar-refractivity contribution in [3.05, 3.63) is 46.1 Å². The Kier molecular flexibility index (Phi) is 7.47. The molecular weight excluding hydrogens is 458 g/mol. The standard InChI is InChI=1S/C24H29N3O6S/c1-14-21(23(29)32-4)22(18-8-7-16(30-2)11-19(18)31-3)27-15(13-34-24(27)26-14)10-20(28)25-12-17-6-5-9-33-17/h7-8,11,13,17,22H,5-6,9-10,12H2,1-4H3,(H,25,28). The molecular formula is C24H29N3O6S. The van der Waals surface area contributed by atoms with Gasteiger partial charge < -0.3 is 29.2 Å². The van der Waals surface area contributed by atoms with Gasteiger partial charge in [0.1, 0.15) is 11.5 Å². The highest BCUT2D eigenvalue weighted by Crippen LogP contribution is 2.47. The van der Waals surface area contributed by atoms with Gasteiger partial charge in [0, 0.05) is 30.5 Å². The van der Waals surface area contributed by atoms with Crippen LogP contribution in [0.15, 0.2) is 45.6 Å². The Balaban J connectivity index is 1.66. The second-order valence-electron chi connectivity index (χ2n) is 8.11. The lowest BCUT2D eigenvalue weighted by Gasteiger charge is -2.36. The highest BCUT2D eigenvalue weighted by molar-refractivity contribution is 8.16. The Labute approximate surface area is 203 Å². The smallest absolute Gasteiger partial charge is 0.338 e. The van der Waals surface area contributed by atoms with Crippen LogP contribution in [0.3, 0.4) is 0 Å². The van der Waals surface area contributed by atoms with Gasteiger partial charge in [0.05, 0.1) is 51.2 Å². The minimum absolute atomic E-state index is 0.0656. The Morgan fingerprint density at radius 2 is 2.09 bits per heavy atom. The van der Waals surface area contributed by atoms with Crippen LogP contribution in [0.2, 0.25) is 0 Å². The number of methoxy groups -OCH3 is 3. The number of rotatable bonds is 8. The van der Waals surface area contributed by atoms with Crippen LogP contribution >= 0.6 is 11.8 Å². The van der Waals surface area contributed by atoms with Crippen molar-refractivity contribution in [1.82, 2.24) is 10.2 Å². The summed E-state index contributed by atoms with van der Waals surface area (Å²) in [5.41, 5.74) is 2.43. The van der Waals surface area contributed by atoms with E-state index in [1.165, 1.54) is 18.9 Å². The van der Waals surface area contributed by atoms with Crippen molar-refractivity contribution in [1.29, 1.82) is 0 Å². The number of esters is 1. The predicted octanol–water partition coefficient (Wildman–Crippen LogP) is 3.14. The fourth-order valence-corrected chi connectivity index (χ4v) is 5.30. The molecule has 1 amide bonds. The van der Waals surface area contributed by atoms with Crippen LogP contribution < -0.4 is 14.8 Å². The number of carbonyl (C=O) groups excluding carboxylic acids is 2. The molecule has 0 saturated carbocycles. The van der Waals surface area contributed by atoms with E-state index in [1.807, 2.05) is 22.4 Å². The number of amides is 1. The molecule has 0 radical (unpaired) electrons. The van der Waals surface area contributed by atoms with Gasteiger partial charge in [-0.2, -0.15) is 0 Å². The van der Waals surface area contributed by atoms with Crippen molar-refractivity contribution in [3.63, 3.8) is 0 Å². The number of nitrogens with one attached hydrogen (secondary N) is 1. The molecule has 2 atom stereocenters. The Bertz CT molecular complexity index is 1060. The quantitative estimate of drug-likeness (QED) is 0.559. The number of allylic oxidation sites excluding steroid dienone is 1. The lowest BCUT2D eigenvalue weighted by Crippen LogP contribution is -2.38. The first-order chi connectivity index (χ1) is 16.5. The first-order valence-corrected chi connectivity index (χ1v) is 12.0. The Morgan fingerprint density at radius 3 is 2.76 bits per heavy atom. The fourth-order valence-electron chi connectivity index (χ4n) is 4.34. The Hall–Kier alpha value is -2.98. The molecule has 0 aliphatic carbocycles. The number of aliphatic imine (C=N–C) groups is 1. The van der Waals surface area contributed by atoms with Gasteiger partial charge >= 0.3 is 5.97 Å². The lowest BCUT2D eigenvalue weighted by atomic mass is 9.93. The third-order valence-electron chi connectivity index (χ3n) is 6.03. The number of nitrogens with zero attached hydrogens (tertiary/aromatic N) is 2. The van der Waals surface area contributed by atoms with E-state index in [4.69, 9.17) is 18.9 Å². The van der Waals surface area contributed by atoms with Gasteiger partial charge in [-0.05, 0) is 37.3 Å². The van der Waals surface area contributed by atoms with Gasteiger partial charge in [0.15, 0.2) is 5.17 Å². The molecule has 0 spiro atoms.